The van der Waals surface area contributed by atoms with Gasteiger partial charge in [0.05, 0.1) is 0 Å². The summed E-state index contributed by atoms with van der Waals surface area (Å²) in [5, 5.41) is 17.4. The van der Waals surface area contributed by atoms with Crippen molar-refractivity contribution in [2.45, 2.75) is 124 Å². The van der Waals surface area contributed by atoms with Crippen LogP contribution in [0.15, 0.2) is 12.2 Å². The van der Waals surface area contributed by atoms with Crippen molar-refractivity contribution >= 4 is 5.97 Å². The maximum atomic E-state index is 10.3. The molecule has 2 N–H and O–H groups in total. The number of aliphatic hydroxyl groups excluding tert-OH is 1. The van der Waals surface area contributed by atoms with Gasteiger partial charge in [-0.25, -0.2) is 0 Å². The zero-order valence-corrected chi connectivity index (χ0v) is 19.3. The van der Waals surface area contributed by atoms with Crippen LogP contribution in [-0.4, -0.2) is 40.4 Å². The molecule has 0 aliphatic carbocycles. The van der Waals surface area contributed by atoms with Crippen LogP contribution in [0.2, 0.25) is 0 Å². The van der Waals surface area contributed by atoms with Crippen molar-refractivity contribution in [1.29, 1.82) is 0 Å². The Morgan fingerprint density at radius 1 is 0.786 bits per heavy atom. The minimum Gasteiger partial charge on any atom is -0.481 e. The number of hydrogen-bond acceptors (Lipinski definition) is 3. The lowest BCUT2D eigenvalue weighted by molar-refractivity contribution is -0.137. The average Bonchev–Trinajstić information content (AvgIpc) is 2.66. The Bertz CT molecular complexity index is 339. The van der Waals surface area contributed by atoms with Gasteiger partial charge in [0.25, 0.3) is 0 Å². The minimum atomic E-state index is -0.664. The summed E-state index contributed by atoms with van der Waals surface area (Å²) in [6.07, 6.45) is 21.0. The van der Waals surface area contributed by atoms with Crippen LogP contribution in [0.5, 0.6) is 0 Å². The molecule has 168 valence electrons. The fraction of sp³-hybridized carbons (Fsp3) is 0.875. The van der Waals surface area contributed by atoms with E-state index in [0.717, 1.165) is 25.9 Å². The molecular weight excluding hydrogens is 350 g/mol. The van der Waals surface area contributed by atoms with E-state index in [0.29, 0.717) is 6.42 Å². The quantitative estimate of drug-likeness (QED) is 0.152. The fourth-order valence-corrected chi connectivity index (χ4v) is 3.10. The van der Waals surface area contributed by atoms with E-state index in [1.807, 2.05) is 18.7 Å². The molecule has 0 saturated heterocycles. The monoisotopic (exact) mass is 399 g/mol. The first-order valence-electron chi connectivity index (χ1n) is 11.8. The predicted octanol–water partition coefficient (Wildman–Crippen LogP) is 6.78. The van der Waals surface area contributed by atoms with Crippen molar-refractivity contribution in [2.24, 2.45) is 0 Å². The molecule has 0 aliphatic heterocycles. The lowest BCUT2D eigenvalue weighted by Crippen LogP contribution is -2.32. The predicted molar refractivity (Wildman–Crippen MR) is 122 cm³/mol. The number of aliphatic carboxylic acids is 1. The molecule has 4 heteroatoms. The zero-order chi connectivity index (χ0) is 21.5. The third-order valence-electron chi connectivity index (χ3n) is 4.99. The maximum absolute atomic E-state index is 10.3. The van der Waals surface area contributed by atoms with Crippen molar-refractivity contribution in [3.05, 3.63) is 12.2 Å². The van der Waals surface area contributed by atoms with E-state index in [1.54, 1.807) is 6.92 Å². The van der Waals surface area contributed by atoms with E-state index >= 15 is 0 Å². The Morgan fingerprint density at radius 3 is 1.57 bits per heavy atom. The number of hydrogen-bond donors (Lipinski definition) is 2. The van der Waals surface area contributed by atoms with E-state index < -0.39 is 5.97 Å². The van der Waals surface area contributed by atoms with Gasteiger partial charge < -0.3 is 10.2 Å². The Labute approximate surface area is 175 Å². The molecule has 0 aromatic rings. The molecule has 0 heterocycles. The molecule has 4 nitrogen and oxygen atoms in total. The molecule has 0 rings (SSSR count). The van der Waals surface area contributed by atoms with Gasteiger partial charge in [0.15, 0.2) is 0 Å². The highest BCUT2D eigenvalue weighted by atomic mass is 16.4. The molecular formula is C24H49NO3. The third kappa shape index (κ3) is 25.1. The summed E-state index contributed by atoms with van der Waals surface area (Å²) in [4.78, 5) is 12.3. The van der Waals surface area contributed by atoms with Crippen molar-refractivity contribution in [3.63, 3.8) is 0 Å². The number of carbonyl (C=O) groups is 1. The molecule has 0 aromatic heterocycles. The highest BCUT2D eigenvalue weighted by molar-refractivity contribution is 5.66. The molecule has 0 bridgehead atoms. The number of aliphatic hydroxyl groups is 1. The summed E-state index contributed by atoms with van der Waals surface area (Å²) >= 11 is 0. The first kappa shape index (κ1) is 29.3. The number of nitrogens with zero attached hydrogens (tertiary/aromatic N) is 1. The lowest BCUT2D eigenvalue weighted by atomic mass is 10.1. The molecule has 0 amide bonds. The minimum absolute atomic E-state index is 0.287. The van der Waals surface area contributed by atoms with Gasteiger partial charge in [-0.05, 0) is 52.1 Å². The Morgan fingerprint density at radius 2 is 1.21 bits per heavy atom. The van der Waals surface area contributed by atoms with E-state index in [-0.39, 0.29) is 6.23 Å². The highest BCUT2D eigenvalue weighted by Gasteiger charge is 2.02. The average molecular weight is 400 g/mol. The summed E-state index contributed by atoms with van der Waals surface area (Å²) in [5.74, 6) is -0.664. The van der Waals surface area contributed by atoms with Crippen LogP contribution < -0.4 is 0 Å². The summed E-state index contributed by atoms with van der Waals surface area (Å²) in [5.41, 5.74) is 0. The molecule has 0 aliphatic rings. The molecule has 0 saturated carbocycles. The first-order chi connectivity index (χ1) is 13.5. The molecule has 28 heavy (non-hydrogen) atoms. The Balaban J connectivity index is 0. The third-order valence-corrected chi connectivity index (χ3v) is 4.99. The van der Waals surface area contributed by atoms with Crippen LogP contribution in [0.1, 0.15) is 118 Å². The maximum Gasteiger partial charge on any atom is 0.303 e. The van der Waals surface area contributed by atoms with E-state index in [9.17, 15) is 4.79 Å². The van der Waals surface area contributed by atoms with Crippen molar-refractivity contribution < 1.29 is 15.0 Å². The van der Waals surface area contributed by atoms with Gasteiger partial charge in [-0.15, -0.1) is 0 Å². The smallest absolute Gasteiger partial charge is 0.303 e. The van der Waals surface area contributed by atoms with Crippen LogP contribution in [0.4, 0.5) is 0 Å². The normalized spacial score (nSPS) is 12.2. The van der Waals surface area contributed by atoms with Gasteiger partial charge in [-0.1, -0.05) is 84.3 Å². The van der Waals surface area contributed by atoms with Crippen LogP contribution in [0.25, 0.3) is 0 Å². The fourth-order valence-electron chi connectivity index (χ4n) is 3.10. The summed E-state index contributed by atoms with van der Waals surface area (Å²) in [6, 6.07) is 0. The molecule has 1 atom stereocenters. The SMILES string of the molecule is CCCCCCCCC=CCCCCCCCC(=O)O.CCN(CC)C(C)O. The van der Waals surface area contributed by atoms with E-state index in [1.165, 1.54) is 70.6 Å². The second kappa shape index (κ2) is 24.2. The van der Waals surface area contributed by atoms with Crippen molar-refractivity contribution in [1.82, 2.24) is 4.90 Å². The molecule has 0 radical (unpaired) electrons. The van der Waals surface area contributed by atoms with Gasteiger partial charge in [-0.2, -0.15) is 0 Å². The van der Waals surface area contributed by atoms with Gasteiger partial charge in [-0.3, -0.25) is 9.69 Å². The van der Waals surface area contributed by atoms with Crippen molar-refractivity contribution in [2.75, 3.05) is 13.1 Å². The largest absolute Gasteiger partial charge is 0.481 e. The second-order valence-corrected chi connectivity index (χ2v) is 7.58. The zero-order valence-electron chi connectivity index (χ0n) is 19.3. The first-order valence-corrected chi connectivity index (χ1v) is 11.8. The number of carboxylic acid groups (broad SMARTS) is 1. The summed E-state index contributed by atoms with van der Waals surface area (Å²) in [6.45, 7) is 9.97. The summed E-state index contributed by atoms with van der Waals surface area (Å²) < 4.78 is 0. The van der Waals surface area contributed by atoms with Crippen LogP contribution in [-0.2, 0) is 4.79 Å². The lowest BCUT2D eigenvalue weighted by Gasteiger charge is -2.20. The van der Waals surface area contributed by atoms with Crippen LogP contribution in [0, 0.1) is 0 Å². The second-order valence-electron chi connectivity index (χ2n) is 7.58. The number of carboxylic acids is 1. The van der Waals surface area contributed by atoms with E-state index in [2.05, 4.69) is 19.1 Å². The highest BCUT2D eigenvalue weighted by Crippen LogP contribution is 2.09. The van der Waals surface area contributed by atoms with Gasteiger partial charge in [0.1, 0.15) is 6.23 Å². The number of allylic oxidation sites excluding steroid dienone is 2. The number of rotatable bonds is 18. The number of unbranched alkanes of at least 4 members (excludes halogenated alkanes) is 11. The topological polar surface area (TPSA) is 60.8 Å². The van der Waals surface area contributed by atoms with Crippen molar-refractivity contribution in [3.8, 4) is 0 Å². The van der Waals surface area contributed by atoms with Crippen LogP contribution in [0.3, 0.4) is 0 Å². The molecule has 0 spiro atoms. The molecule has 1 unspecified atom stereocenters. The van der Waals surface area contributed by atoms with Gasteiger partial charge >= 0.3 is 5.97 Å². The standard InChI is InChI=1S/C18H34O2.C6H15NO/c1-2-3-4-5-6-7-8-9-10-11-12-13-14-15-16-17-18(19)20;1-4-7(5-2)6(3)8/h9-10H,2-8,11-17H2,1H3,(H,19,20);6,8H,4-5H2,1-3H3. The van der Waals surface area contributed by atoms with E-state index in [4.69, 9.17) is 10.2 Å². The molecule has 0 aromatic carbocycles. The summed E-state index contributed by atoms with van der Waals surface area (Å²) in [7, 11) is 0. The Hall–Kier alpha value is -0.870. The van der Waals surface area contributed by atoms with Gasteiger partial charge in [0.2, 0.25) is 0 Å². The molecule has 0 fully saturated rings. The Kier molecular flexibility index (Phi) is 25.3. The van der Waals surface area contributed by atoms with Gasteiger partial charge in [0, 0.05) is 6.42 Å². The van der Waals surface area contributed by atoms with Crippen LogP contribution >= 0.6 is 0 Å².